The fraction of sp³-hybridized carbons (Fsp3) is 0.600. The minimum atomic E-state index is -3.46. The molecule has 1 unspecified atom stereocenters. The molecule has 1 fully saturated rings. The van der Waals surface area contributed by atoms with Crippen LogP contribution >= 0.6 is 0 Å². The third kappa shape index (κ3) is 4.69. The number of para-hydroxylation sites is 1. The third-order valence-corrected chi connectivity index (χ3v) is 5.31. The minimum absolute atomic E-state index is 0.118. The molecule has 0 aliphatic carbocycles. The van der Waals surface area contributed by atoms with Crippen molar-refractivity contribution in [1.29, 1.82) is 0 Å². The summed E-state index contributed by atoms with van der Waals surface area (Å²) in [6.45, 7) is 6.59. The van der Waals surface area contributed by atoms with Gasteiger partial charge in [0, 0.05) is 12.6 Å². The molecule has 0 saturated carbocycles. The van der Waals surface area contributed by atoms with Crippen LogP contribution in [0.4, 0.5) is 5.69 Å². The van der Waals surface area contributed by atoms with Crippen molar-refractivity contribution in [3.05, 3.63) is 24.3 Å². The van der Waals surface area contributed by atoms with Crippen LogP contribution in [-0.2, 0) is 10.0 Å². The van der Waals surface area contributed by atoms with Crippen molar-refractivity contribution >= 4 is 15.7 Å². The summed E-state index contributed by atoms with van der Waals surface area (Å²) in [5, 5.41) is 6.62. The van der Waals surface area contributed by atoms with Crippen molar-refractivity contribution in [1.82, 2.24) is 10.0 Å². The topological polar surface area (TPSA) is 70.2 Å². The molecular formula is C15H25N3O2S. The van der Waals surface area contributed by atoms with Crippen LogP contribution in [0.1, 0.15) is 26.7 Å². The Kier molecular flexibility index (Phi) is 5.61. The van der Waals surface area contributed by atoms with Gasteiger partial charge in [-0.1, -0.05) is 12.1 Å². The van der Waals surface area contributed by atoms with Gasteiger partial charge in [-0.15, -0.1) is 0 Å². The molecular weight excluding hydrogens is 286 g/mol. The lowest BCUT2D eigenvalue weighted by molar-refractivity contribution is 0.548. The molecule has 1 aliphatic rings. The first-order chi connectivity index (χ1) is 9.99. The van der Waals surface area contributed by atoms with Crippen molar-refractivity contribution in [3.63, 3.8) is 0 Å². The second-order valence-electron chi connectivity index (χ2n) is 5.85. The van der Waals surface area contributed by atoms with E-state index in [1.54, 1.807) is 12.1 Å². The van der Waals surface area contributed by atoms with Gasteiger partial charge in [-0.3, -0.25) is 0 Å². The molecule has 5 nitrogen and oxygen atoms in total. The zero-order chi connectivity index (χ0) is 15.3. The quantitative estimate of drug-likeness (QED) is 0.718. The molecule has 1 aromatic rings. The monoisotopic (exact) mass is 311 g/mol. The molecule has 21 heavy (non-hydrogen) atoms. The van der Waals surface area contributed by atoms with Crippen molar-refractivity contribution < 1.29 is 8.42 Å². The number of sulfonamides is 1. The molecule has 1 saturated heterocycles. The highest BCUT2D eigenvalue weighted by molar-refractivity contribution is 7.89. The van der Waals surface area contributed by atoms with Gasteiger partial charge in [0.05, 0.1) is 5.69 Å². The van der Waals surface area contributed by atoms with Gasteiger partial charge in [-0.2, -0.15) is 0 Å². The van der Waals surface area contributed by atoms with Gasteiger partial charge in [0.1, 0.15) is 4.90 Å². The predicted molar refractivity (Wildman–Crippen MR) is 86.0 cm³/mol. The summed E-state index contributed by atoms with van der Waals surface area (Å²) in [7, 11) is -3.46. The Labute approximate surface area is 127 Å². The fourth-order valence-electron chi connectivity index (χ4n) is 2.59. The van der Waals surface area contributed by atoms with Crippen molar-refractivity contribution in [2.45, 2.75) is 37.6 Å². The molecule has 1 heterocycles. The van der Waals surface area contributed by atoms with E-state index in [2.05, 4.69) is 15.4 Å². The fourth-order valence-corrected chi connectivity index (χ4v) is 4.03. The van der Waals surface area contributed by atoms with E-state index in [1.165, 1.54) is 6.42 Å². The SMILES string of the molecule is CC(C)NS(=O)(=O)c1ccccc1NCCC1CCNC1. The maximum Gasteiger partial charge on any atom is 0.242 e. The first kappa shape index (κ1) is 16.3. The van der Waals surface area contributed by atoms with Crippen molar-refractivity contribution in [2.24, 2.45) is 5.92 Å². The number of hydrogen-bond donors (Lipinski definition) is 3. The third-order valence-electron chi connectivity index (χ3n) is 3.60. The highest BCUT2D eigenvalue weighted by Gasteiger charge is 2.19. The molecule has 1 aromatic carbocycles. The lowest BCUT2D eigenvalue weighted by Crippen LogP contribution is -2.30. The molecule has 0 aromatic heterocycles. The van der Waals surface area contributed by atoms with Crippen LogP contribution in [0.3, 0.4) is 0 Å². The molecule has 0 bridgehead atoms. The molecule has 2 rings (SSSR count). The van der Waals surface area contributed by atoms with Crippen LogP contribution in [0.25, 0.3) is 0 Å². The number of anilines is 1. The minimum Gasteiger partial charge on any atom is -0.384 e. The van der Waals surface area contributed by atoms with E-state index in [0.717, 1.165) is 26.1 Å². The highest BCUT2D eigenvalue weighted by atomic mass is 32.2. The Morgan fingerprint density at radius 3 is 2.76 bits per heavy atom. The van der Waals surface area contributed by atoms with E-state index in [4.69, 9.17) is 0 Å². The summed E-state index contributed by atoms with van der Waals surface area (Å²) in [6.07, 6.45) is 2.26. The molecule has 0 radical (unpaired) electrons. The summed E-state index contributed by atoms with van der Waals surface area (Å²) >= 11 is 0. The molecule has 1 aliphatic heterocycles. The second-order valence-corrected chi connectivity index (χ2v) is 7.53. The first-order valence-corrected chi connectivity index (χ1v) is 9.03. The number of benzene rings is 1. The largest absolute Gasteiger partial charge is 0.384 e. The zero-order valence-corrected chi connectivity index (χ0v) is 13.5. The van der Waals surface area contributed by atoms with Gasteiger partial charge in [0.2, 0.25) is 10.0 Å². The Bertz CT molecular complexity index is 552. The number of nitrogens with one attached hydrogen (secondary N) is 3. The van der Waals surface area contributed by atoms with E-state index >= 15 is 0 Å². The molecule has 3 N–H and O–H groups in total. The maximum atomic E-state index is 12.3. The summed E-state index contributed by atoms with van der Waals surface area (Å²) in [4.78, 5) is 0.322. The Morgan fingerprint density at radius 2 is 2.10 bits per heavy atom. The Morgan fingerprint density at radius 1 is 1.33 bits per heavy atom. The standard InChI is InChI=1S/C15H25N3O2S/c1-12(2)18-21(19,20)15-6-4-3-5-14(15)17-10-8-13-7-9-16-11-13/h3-6,12-13,16-18H,7-11H2,1-2H3. The highest BCUT2D eigenvalue weighted by Crippen LogP contribution is 2.21. The number of hydrogen-bond acceptors (Lipinski definition) is 4. The van der Waals surface area contributed by atoms with E-state index in [1.807, 2.05) is 26.0 Å². The first-order valence-electron chi connectivity index (χ1n) is 7.55. The number of rotatable bonds is 7. The summed E-state index contributed by atoms with van der Waals surface area (Å²) in [6, 6.07) is 6.95. The van der Waals surface area contributed by atoms with E-state index < -0.39 is 10.0 Å². The Hall–Kier alpha value is -1.11. The van der Waals surface area contributed by atoms with Gasteiger partial charge in [0.15, 0.2) is 0 Å². The average Bonchev–Trinajstić information content (AvgIpc) is 2.91. The molecule has 1 atom stereocenters. The zero-order valence-electron chi connectivity index (χ0n) is 12.7. The van der Waals surface area contributed by atoms with Gasteiger partial charge in [0.25, 0.3) is 0 Å². The van der Waals surface area contributed by atoms with Crippen molar-refractivity contribution in [3.8, 4) is 0 Å². The normalized spacial score (nSPS) is 19.1. The lowest BCUT2D eigenvalue weighted by atomic mass is 10.1. The molecule has 0 amide bonds. The van der Waals surface area contributed by atoms with E-state index in [-0.39, 0.29) is 6.04 Å². The Balaban J connectivity index is 2.02. The molecule has 6 heteroatoms. The van der Waals surface area contributed by atoms with E-state index in [0.29, 0.717) is 16.5 Å². The van der Waals surface area contributed by atoms with Gasteiger partial charge in [-0.05, 0) is 57.8 Å². The van der Waals surface area contributed by atoms with Gasteiger partial charge in [-0.25, -0.2) is 13.1 Å². The predicted octanol–water partition coefficient (Wildman–Crippen LogP) is 1.78. The van der Waals surface area contributed by atoms with Crippen LogP contribution in [0, 0.1) is 5.92 Å². The van der Waals surface area contributed by atoms with Crippen molar-refractivity contribution in [2.75, 3.05) is 25.0 Å². The van der Waals surface area contributed by atoms with E-state index in [9.17, 15) is 8.42 Å². The summed E-state index contributed by atoms with van der Waals surface area (Å²) in [5.41, 5.74) is 0.677. The average molecular weight is 311 g/mol. The summed E-state index contributed by atoms with van der Waals surface area (Å²) in [5.74, 6) is 0.690. The van der Waals surface area contributed by atoms with Crippen LogP contribution in [0.5, 0.6) is 0 Å². The van der Waals surface area contributed by atoms with Crippen LogP contribution in [-0.4, -0.2) is 34.1 Å². The molecule has 0 spiro atoms. The van der Waals surface area contributed by atoms with Gasteiger partial charge < -0.3 is 10.6 Å². The van der Waals surface area contributed by atoms with Crippen LogP contribution in [0.2, 0.25) is 0 Å². The molecule has 118 valence electrons. The smallest absolute Gasteiger partial charge is 0.242 e. The maximum absolute atomic E-state index is 12.3. The van der Waals surface area contributed by atoms with Crippen LogP contribution < -0.4 is 15.4 Å². The second kappa shape index (κ2) is 7.24. The lowest BCUT2D eigenvalue weighted by Gasteiger charge is -2.15. The summed E-state index contributed by atoms with van der Waals surface area (Å²) < 4.78 is 27.3. The van der Waals surface area contributed by atoms with Crippen LogP contribution in [0.15, 0.2) is 29.2 Å². The van der Waals surface area contributed by atoms with Gasteiger partial charge >= 0.3 is 0 Å².